The lowest BCUT2D eigenvalue weighted by molar-refractivity contribution is 0.668. The van der Waals surface area contributed by atoms with Gasteiger partial charge in [0.05, 0.1) is 16.7 Å². The quantitative estimate of drug-likeness (QED) is 0.174. The lowest BCUT2D eigenvalue weighted by Gasteiger charge is -2.13. The molecule has 0 unspecified atom stereocenters. The van der Waals surface area contributed by atoms with E-state index in [-0.39, 0.29) is 0 Å². The highest BCUT2D eigenvalue weighted by atomic mass is 16.3. The van der Waals surface area contributed by atoms with Crippen LogP contribution < -0.4 is 0 Å². The molecule has 6 heteroatoms. The summed E-state index contributed by atoms with van der Waals surface area (Å²) in [5.41, 5.74) is 11.1. The predicted molar refractivity (Wildman–Crippen MR) is 248 cm³/mol. The van der Waals surface area contributed by atoms with E-state index in [9.17, 15) is 0 Å². The predicted octanol–water partition coefficient (Wildman–Crippen LogP) is 14.6. The number of benzene rings is 9. The molecule has 0 aliphatic rings. The van der Waals surface area contributed by atoms with Crippen molar-refractivity contribution in [2.24, 2.45) is 0 Å². The van der Waals surface area contributed by atoms with Crippen LogP contribution in [0.25, 0.3) is 127 Å². The fraction of sp³-hybridized carbons (Fsp3) is 0. The summed E-state index contributed by atoms with van der Waals surface area (Å²) in [4.78, 5) is 15.8. The SMILES string of the molecule is c1ccc(-c2ccc(-c3nc(-c4ccc5c(c4)oc4ccccc45)nc(-c4cc(-n5c6ccccc6c6cc7ccccc7cc65)cc5oc6ccccc6c45)n3)cc2)cc1. The fourth-order valence-corrected chi connectivity index (χ4v) is 9.14. The van der Waals surface area contributed by atoms with E-state index in [4.69, 9.17) is 23.8 Å². The minimum absolute atomic E-state index is 0.543. The molecule has 0 aliphatic carbocycles. The van der Waals surface area contributed by atoms with Crippen molar-refractivity contribution in [2.45, 2.75) is 0 Å². The van der Waals surface area contributed by atoms with Crippen molar-refractivity contribution in [3.05, 3.63) is 194 Å². The summed E-state index contributed by atoms with van der Waals surface area (Å²) in [5.74, 6) is 1.66. The minimum Gasteiger partial charge on any atom is -0.456 e. The number of fused-ring (bicyclic) bond motifs is 10. The van der Waals surface area contributed by atoms with Gasteiger partial charge in [-0.2, -0.15) is 0 Å². The van der Waals surface area contributed by atoms with E-state index in [1.807, 2.05) is 48.5 Å². The average molecular weight is 781 g/mol. The van der Waals surface area contributed by atoms with Gasteiger partial charge in [0.2, 0.25) is 0 Å². The van der Waals surface area contributed by atoms with E-state index in [0.717, 1.165) is 88.4 Å². The van der Waals surface area contributed by atoms with Gasteiger partial charge in [0.15, 0.2) is 17.5 Å². The van der Waals surface area contributed by atoms with Crippen molar-refractivity contribution in [1.82, 2.24) is 19.5 Å². The van der Waals surface area contributed by atoms with Gasteiger partial charge in [-0.25, -0.2) is 15.0 Å². The van der Waals surface area contributed by atoms with Crippen molar-refractivity contribution < 1.29 is 8.83 Å². The Labute approximate surface area is 348 Å². The van der Waals surface area contributed by atoms with E-state index in [1.165, 1.54) is 21.5 Å². The first kappa shape index (κ1) is 33.6. The van der Waals surface area contributed by atoms with Gasteiger partial charge in [0, 0.05) is 55.1 Å². The number of furan rings is 2. The second kappa shape index (κ2) is 13.1. The van der Waals surface area contributed by atoms with Gasteiger partial charge >= 0.3 is 0 Å². The molecule has 61 heavy (non-hydrogen) atoms. The lowest BCUT2D eigenvalue weighted by atomic mass is 10.0. The molecule has 0 saturated heterocycles. The zero-order chi connectivity index (χ0) is 40.0. The molecule has 0 spiro atoms. The van der Waals surface area contributed by atoms with Gasteiger partial charge in [-0.15, -0.1) is 0 Å². The van der Waals surface area contributed by atoms with E-state index in [0.29, 0.717) is 17.5 Å². The smallest absolute Gasteiger partial charge is 0.164 e. The lowest BCUT2D eigenvalue weighted by Crippen LogP contribution is -2.02. The number of hydrogen-bond acceptors (Lipinski definition) is 5. The first-order chi connectivity index (χ1) is 30.2. The topological polar surface area (TPSA) is 69.9 Å². The highest BCUT2D eigenvalue weighted by molar-refractivity contribution is 6.16. The maximum atomic E-state index is 6.71. The Morgan fingerprint density at radius 3 is 1.72 bits per heavy atom. The van der Waals surface area contributed by atoms with Crippen LogP contribution in [0.2, 0.25) is 0 Å². The number of aromatic nitrogens is 4. The van der Waals surface area contributed by atoms with Crippen molar-refractivity contribution in [1.29, 1.82) is 0 Å². The summed E-state index contributed by atoms with van der Waals surface area (Å²) in [7, 11) is 0. The summed E-state index contributed by atoms with van der Waals surface area (Å²) in [6, 6.07) is 67.5. The van der Waals surface area contributed by atoms with Gasteiger partial charge in [0.25, 0.3) is 0 Å². The minimum atomic E-state index is 0.543. The zero-order valence-electron chi connectivity index (χ0n) is 32.6. The molecule has 13 aromatic rings. The molecule has 0 aliphatic heterocycles. The van der Waals surface area contributed by atoms with Gasteiger partial charge in [-0.3, -0.25) is 0 Å². The zero-order valence-corrected chi connectivity index (χ0v) is 32.6. The highest BCUT2D eigenvalue weighted by Gasteiger charge is 2.22. The molecular formula is C55H32N4O2. The number of hydrogen-bond donors (Lipinski definition) is 0. The van der Waals surface area contributed by atoms with E-state index >= 15 is 0 Å². The summed E-state index contributed by atoms with van der Waals surface area (Å²) >= 11 is 0. The second-order valence-corrected chi connectivity index (χ2v) is 15.6. The highest BCUT2D eigenvalue weighted by Crippen LogP contribution is 2.42. The first-order valence-electron chi connectivity index (χ1n) is 20.4. The van der Waals surface area contributed by atoms with Crippen LogP contribution in [-0.4, -0.2) is 19.5 Å². The third-order valence-electron chi connectivity index (χ3n) is 12.0. The molecule has 0 N–H and O–H groups in total. The second-order valence-electron chi connectivity index (χ2n) is 15.6. The molecule has 6 nitrogen and oxygen atoms in total. The van der Waals surface area contributed by atoms with Gasteiger partial charge in [-0.1, -0.05) is 140 Å². The first-order valence-corrected chi connectivity index (χ1v) is 20.4. The Morgan fingerprint density at radius 1 is 0.328 bits per heavy atom. The van der Waals surface area contributed by atoms with Crippen molar-refractivity contribution in [2.75, 3.05) is 0 Å². The molecule has 9 aromatic carbocycles. The maximum Gasteiger partial charge on any atom is 0.164 e. The molecule has 0 saturated carbocycles. The molecule has 0 atom stereocenters. The molecule has 4 aromatic heterocycles. The molecule has 13 rings (SSSR count). The van der Waals surface area contributed by atoms with Crippen LogP contribution in [-0.2, 0) is 0 Å². The van der Waals surface area contributed by atoms with Gasteiger partial charge in [-0.05, 0) is 70.4 Å². The average Bonchev–Trinajstić information content (AvgIpc) is 3.99. The van der Waals surface area contributed by atoms with Gasteiger partial charge in [0.1, 0.15) is 22.3 Å². The molecular weight excluding hydrogens is 749 g/mol. The molecule has 0 bridgehead atoms. The van der Waals surface area contributed by atoms with Crippen molar-refractivity contribution in [3.63, 3.8) is 0 Å². The van der Waals surface area contributed by atoms with E-state index < -0.39 is 0 Å². The molecule has 0 amide bonds. The molecule has 0 fully saturated rings. The normalized spacial score (nSPS) is 11.9. The van der Waals surface area contributed by atoms with Crippen LogP contribution in [0.1, 0.15) is 0 Å². The Hall–Kier alpha value is -8.35. The summed E-state index contributed by atoms with van der Waals surface area (Å²) in [5, 5.41) is 8.80. The maximum absolute atomic E-state index is 6.71. The van der Waals surface area contributed by atoms with Crippen LogP contribution in [0.3, 0.4) is 0 Å². The van der Waals surface area contributed by atoms with Crippen LogP contribution in [0.4, 0.5) is 0 Å². The van der Waals surface area contributed by atoms with Crippen molar-refractivity contribution >= 4 is 76.5 Å². The largest absolute Gasteiger partial charge is 0.456 e. The Morgan fingerprint density at radius 2 is 0.902 bits per heavy atom. The Balaban J connectivity index is 1.08. The molecule has 4 heterocycles. The van der Waals surface area contributed by atoms with Crippen LogP contribution in [0, 0.1) is 0 Å². The number of nitrogens with zero attached hydrogens (tertiary/aromatic N) is 4. The van der Waals surface area contributed by atoms with Gasteiger partial charge < -0.3 is 13.4 Å². The fourth-order valence-electron chi connectivity index (χ4n) is 9.14. The van der Waals surface area contributed by atoms with E-state index in [1.54, 1.807) is 0 Å². The third kappa shape index (κ3) is 5.32. The standard InChI is InChI=1S/C55H32N4O2/c1-2-12-33(13-3-1)34-22-24-35(25-23-34)53-56-54(38-26-27-42-41-17-7-10-20-48(41)60-50(42)30-38)58-55(57-53)45-31-39(32-51-52(45)43-18-8-11-21-49(43)61-51)59-46-19-9-6-16-40(46)44-28-36-14-4-5-15-37(36)29-47(44)59/h1-32H. The van der Waals surface area contributed by atoms with Crippen LogP contribution >= 0.6 is 0 Å². The van der Waals surface area contributed by atoms with Crippen LogP contribution in [0.15, 0.2) is 203 Å². The van der Waals surface area contributed by atoms with E-state index in [2.05, 4.69) is 150 Å². The summed E-state index contributed by atoms with van der Waals surface area (Å²) < 4.78 is 15.4. The van der Waals surface area contributed by atoms with Crippen molar-refractivity contribution in [3.8, 4) is 51.0 Å². The van der Waals surface area contributed by atoms with Crippen LogP contribution in [0.5, 0.6) is 0 Å². The monoisotopic (exact) mass is 780 g/mol. The summed E-state index contributed by atoms with van der Waals surface area (Å²) in [6.45, 7) is 0. The molecule has 284 valence electrons. The Bertz CT molecular complexity index is 3880. The number of para-hydroxylation sites is 3. The number of rotatable bonds is 5. The Kier molecular flexibility index (Phi) is 7.21. The molecule has 0 radical (unpaired) electrons. The summed E-state index contributed by atoms with van der Waals surface area (Å²) in [6.07, 6.45) is 0. The third-order valence-corrected chi connectivity index (χ3v) is 12.0.